The Bertz CT molecular complexity index is 290. The normalized spacial score (nSPS) is 41.8. The van der Waals surface area contributed by atoms with Crippen molar-refractivity contribution in [1.29, 1.82) is 0 Å². The van der Waals surface area contributed by atoms with E-state index in [2.05, 4.69) is 39.5 Å². The molecule has 1 saturated carbocycles. The summed E-state index contributed by atoms with van der Waals surface area (Å²) >= 11 is 0. The van der Waals surface area contributed by atoms with Crippen LogP contribution in [0.2, 0.25) is 0 Å². The first-order chi connectivity index (χ1) is 8.29. The summed E-state index contributed by atoms with van der Waals surface area (Å²) in [6.07, 6.45) is 9.80. The fraction of sp³-hybridized carbons (Fsp3) is 1.00. The SMILES string of the molecule is CCC1(C)CC(C)(C)CC(C)(N2CCCCC2)C1. The van der Waals surface area contributed by atoms with Crippen molar-refractivity contribution in [2.24, 2.45) is 10.8 Å². The van der Waals surface area contributed by atoms with Crippen LogP contribution in [-0.4, -0.2) is 23.5 Å². The summed E-state index contributed by atoms with van der Waals surface area (Å²) in [4.78, 5) is 2.82. The van der Waals surface area contributed by atoms with E-state index in [0.717, 1.165) is 0 Å². The van der Waals surface area contributed by atoms with Crippen LogP contribution >= 0.6 is 0 Å². The Morgan fingerprint density at radius 3 is 2.00 bits per heavy atom. The van der Waals surface area contributed by atoms with Gasteiger partial charge in [-0.3, -0.25) is 4.90 Å². The van der Waals surface area contributed by atoms with Crippen LogP contribution in [0.3, 0.4) is 0 Å². The van der Waals surface area contributed by atoms with E-state index in [1.54, 1.807) is 0 Å². The molecule has 1 saturated heterocycles. The summed E-state index contributed by atoms with van der Waals surface area (Å²) in [5.74, 6) is 0. The molecule has 1 aliphatic heterocycles. The molecule has 0 radical (unpaired) electrons. The Kier molecular flexibility index (Phi) is 3.84. The number of rotatable bonds is 2. The molecule has 0 aromatic heterocycles. The molecular weight excluding hydrogens is 218 g/mol. The minimum atomic E-state index is 0.451. The van der Waals surface area contributed by atoms with E-state index in [9.17, 15) is 0 Å². The first kappa shape index (κ1) is 14.4. The summed E-state index contributed by atoms with van der Waals surface area (Å²) in [6.45, 7) is 15.1. The van der Waals surface area contributed by atoms with Crippen LogP contribution in [0.5, 0.6) is 0 Å². The van der Waals surface area contributed by atoms with Gasteiger partial charge >= 0.3 is 0 Å². The van der Waals surface area contributed by atoms with E-state index < -0.39 is 0 Å². The molecule has 2 unspecified atom stereocenters. The molecule has 0 aromatic carbocycles. The smallest absolute Gasteiger partial charge is 0.0191 e. The van der Waals surface area contributed by atoms with Crippen LogP contribution in [0.25, 0.3) is 0 Å². The molecule has 0 aromatic rings. The zero-order valence-electron chi connectivity index (χ0n) is 13.3. The molecule has 2 rings (SSSR count). The molecule has 1 heterocycles. The molecule has 0 bridgehead atoms. The van der Waals surface area contributed by atoms with E-state index in [4.69, 9.17) is 0 Å². The molecule has 0 amide bonds. The highest BCUT2D eigenvalue weighted by molar-refractivity contribution is 5.02. The zero-order chi connectivity index (χ0) is 13.4. The van der Waals surface area contributed by atoms with Gasteiger partial charge in [-0.15, -0.1) is 0 Å². The predicted octanol–water partition coefficient (Wildman–Crippen LogP) is 4.86. The average Bonchev–Trinajstić information content (AvgIpc) is 2.27. The van der Waals surface area contributed by atoms with E-state index in [1.165, 1.54) is 58.0 Å². The Morgan fingerprint density at radius 2 is 1.44 bits per heavy atom. The van der Waals surface area contributed by atoms with E-state index >= 15 is 0 Å². The van der Waals surface area contributed by atoms with Crippen molar-refractivity contribution >= 4 is 0 Å². The van der Waals surface area contributed by atoms with Gasteiger partial charge in [0.05, 0.1) is 0 Å². The van der Waals surface area contributed by atoms with Crippen LogP contribution in [0, 0.1) is 10.8 Å². The quantitative estimate of drug-likeness (QED) is 0.677. The summed E-state index contributed by atoms with van der Waals surface area (Å²) in [5, 5.41) is 0. The van der Waals surface area contributed by atoms with E-state index in [-0.39, 0.29) is 0 Å². The lowest BCUT2D eigenvalue weighted by Gasteiger charge is -2.56. The van der Waals surface area contributed by atoms with Crippen LogP contribution in [0.1, 0.15) is 79.6 Å². The Hall–Kier alpha value is -0.0400. The maximum atomic E-state index is 2.82. The molecule has 18 heavy (non-hydrogen) atoms. The Morgan fingerprint density at radius 1 is 0.833 bits per heavy atom. The fourth-order valence-corrected chi connectivity index (χ4v) is 5.20. The van der Waals surface area contributed by atoms with Crippen molar-refractivity contribution in [2.75, 3.05) is 13.1 Å². The van der Waals surface area contributed by atoms with Crippen molar-refractivity contribution in [3.05, 3.63) is 0 Å². The van der Waals surface area contributed by atoms with Gasteiger partial charge in [0.25, 0.3) is 0 Å². The molecule has 2 atom stereocenters. The summed E-state index contributed by atoms with van der Waals surface area (Å²) in [7, 11) is 0. The lowest BCUT2D eigenvalue weighted by molar-refractivity contribution is -0.0529. The highest BCUT2D eigenvalue weighted by atomic mass is 15.2. The van der Waals surface area contributed by atoms with E-state index in [0.29, 0.717) is 16.4 Å². The number of likely N-dealkylation sites (tertiary alicyclic amines) is 1. The van der Waals surface area contributed by atoms with Gasteiger partial charge in [0.2, 0.25) is 0 Å². The zero-order valence-corrected chi connectivity index (χ0v) is 13.3. The van der Waals surface area contributed by atoms with Crippen LogP contribution in [0.4, 0.5) is 0 Å². The third-order valence-corrected chi connectivity index (χ3v) is 5.55. The van der Waals surface area contributed by atoms with Crippen molar-refractivity contribution in [1.82, 2.24) is 4.90 Å². The maximum Gasteiger partial charge on any atom is 0.0191 e. The first-order valence-electron chi connectivity index (χ1n) is 8.04. The molecule has 1 nitrogen and oxygen atoms in total. The lowest BCUT2D eigenvalue weighted by Crippen LogP contribution is -2.56. The topological polar surface area (TPSA) is 3.24 Å². The monoisotopic (exact) mass is 251 g/mol. The number of hydrogen-bond donors (Lipinski definition) is 0. The third-order valence-electron chi connectivity index (χ3n) is 5.55. The number of piperidine rings is 1. The summed E-state index contributed by atoms with van der Waals surface area (Å²) in [5.41, 5.74) is 1.51. The van der Waals surface area contributed by atoms with Crippen LogP contribution in [0.15, 0.2) is 0 Å². The van der Waals surface area contributed by atoms with Crippen molar-refractivity contribution in [3.63, 3.8) is 0 Å². The second-order valence-electron chi connectivity index (χ2n) is 8.40. The lowest BCUT2D eigenvalue weighted by atomic mass is 9.57. The maximum absolute atomic E-state index is 2.82. The van der Waals surface area contributed by atoms with Gasteiger partial charge in [0, 0.05) is 5.54 Å². The van der Waals surface area contributed by atoms with Gasteiger partial charge in [-0.25, -0.2) is 0 Å². The molecule has 2 aliphatic rings. The number of nitrogens with zero attached hydrogens (tertiary/aromatic N) is 1. The molecule has 106 valence electrons. The van der Waals surface area contributed by atoms with Crippen molar-refractivity contribution in [3.8, 4) is 0 Å². The van der Waals surface area contributed by atoms with Gasteiger partial charge < -0.3 is 0 Å². The minimum absolute atomic E-state index is 0.451. The van der Waals surface area contributed by atoms with Gasteiger partial charge in [0.1, 0.15) is 0 Å². The Labute approximate surface area is 114 Å². The molecule has 2 fully saturated rings. The summed E-state index contributed by atoms with van der Waals surface area (Å²) in [6, 6.07) is 0. The molecule has 1 heteroatoms. The Balaban J connectivity index is 2.19. The molecule has 0 N–H and O–H groups in total. The average molecular weight is 251 g/mol. The van der Waals surface area contributed by atoms with Crippen molar-refractivity contribution in [2.45, 2.75) is 85.1 Å². The third kappa shape index (κ3) is 2.92. The van der Waals surface area contributed by atoms with Gasteiger partial charge in [0.15, 0.2) is 0 Å². The molecular formula is C17H33N. The van der Waals surface area contributed by atoms with Crippen LogP contribution < -0.4 is 0 Å². The minimum Gasteiger partial charge on any atom is -0.298 e. The number of hydrogen-bond acceptors (Lipinski definition) is 1. The van der Waals surface area contributed by atoms with Crippen LogP contribution in [-0.2, 0) is 0 Å². The van der Waals surface area contributed by atoms with E-state index in [1.807, 2.05) is 0 Å². The van der Waals surface area contributed by atoms with Crippen molar-refractivity contribution < 1.29 is 0 Å². The van der Waals surface area contributed by atoms with Gasteiger partial charge in [-0.1, -0.05) is 40.5 Å². The second kappa shape index (κ2) is 4.81. The predicted molar refractivity (Wildman–Crippen MR) is 79.9 cm³/mol. The standard InChI is InChI=1S/C17H33N/c1-6-16(4)12-15(2,3)13-17(5,14-16)18-10-8-7-9-11-18/h6-14H2,1-5H3. The second-order valence-corrected chi connectivity index (χ2v) is 8.40. The molecule has 0 spiro atoms. The molecule has 1 aliphatic carbocycles. The van der Waals surface area contributed by atoms with Gasteiger partial charge in [-0.2, -0.15) is 0 Å². The largest absolute Gasteiger partial charge is 0.298 e. The summed E-state index contributed by atoms with van der Waals surface area (Å²) < 4.78 is 0. The van der Waals surface area contributed by atoms with Gasteiger partial charge in [-0.05, 0) is 62.9 Å². The highest BCUT2D eigenvalue weighted by Gasteiger charge is 2.48. The highest BCUT2D eigenvalue weighted by Crippen LogP contribution is 2.53. The first-order valence-corrected chi connectivity index (χ1v) is 8.04. The fourth-order valence-electron chi connectivity index (χ4n) is 5.20.